The highest BCUT2D eigenvalue weighted by molar-refractivity contribution is 6.36. The molecule has 2 rings (SSSR count). The monoisotopic (exact) mass is 301 g/mol. The zero-order valence-corrected chi connectivity index (χ0v) is 13.7. The van der Waals surface area contributed by atoms with Crippen LogP contribution < -0.4 is 4.90 Å². The van der Waals surface area contributed by atoms with Gasteiger partial charge in [-0.1, -0.05) is 24.3 Å². The van der Waals surface area contributed by atoms with Gasteiger partial charge in [-0.25, -0.2) is 0 Å². The summed E-state index contributed by atoms with van der Waals surface area (Å²) in [6.07, 6.45) is 0.983. The van der Waals surface area contributed by atoms with E-state index >= 15 is 0 Å². The van der Waals surface area contributed by atoms with E-state index in [1.54, 1.807) is 36.1 Å². The molecular formula is C18H25N2O2+. The molecule has 1 aliphatic carbocycles. The number of quaternary nitrogens is 1. The van der Waals surface area contributed by atoms with Gasteiger partial charge in [0.25, 0.3) is 0 Å². The van der Waals surface area contributed by atoms with Gasteiger partial charge in [0.15, 0.2) is 11.6 Å². The van der Waals surface area contributed by atoms with E-state index in [9.17, 15) is 9.59 Å². The van der Waals surface area contributed by atoms with Gasteiger partial charge in [-0.2, -0.15) is 0 Å². The van der Waals surface area contributed by atoms with Crippen LogP contribution in [-0.2, 0) is 0 Å². The van der Waals surface area contributed by atoms with Crippen LogP contribution in [-0.4, -0.2) is 43.5 Å². The van der Waals surface area contributed by atoms with E-state index in [0.29, 0.717) is 23.4 Å². The predicted octanol–water partition coefficient (Wildman–Crippen LogP) is 1.46. The topological polar surface area (TPSA) is 50.9 Å². The number of hydrogen-bond donors (Lipinski definition) is 1. The molecule has 0 unspecified atom stereocenters. The zero-order valence-electron chi connectivity index (χ0n) is 13.7. The smallest absolute Gasteiger partial charge is 0.180 e. The standard InChI is InChI=1S/C18H24N2O2/c1-4-20(5-2)12-8-11-19-13(3)16-17(21)14-9-6-7-10-15(14)18(16)22/h6-7,9-10,16H,4-5,8,11-12H2,1-3H3/p+1. The minimum absolute atomic E-state index is 0.101. The normalized spacial score (nSPS) is 15.7. The van der Waals surface area contributed by atoms with Crippen LogP contribution in [0.3, 0.4) is 0 Å². The minimum Gasteiger partial charge on any atom is -0.335 e. The highest BCUT2D eigenvalue weighted by atomic mass is 16.2. The number of hydrogen-bond acceptors (Lipinski definition) is 3. The van der Waals surface area contributed by atoms with E-state index < -0.39 is 5.92 Å². The molecule has 0 fully saturated rings. The van der Waals surface area contributed by atoms with E-state index in [-0.39, 0.29) is 11.6 Å². The van der Waals surface area contributed by atoms with Crippen LogP contribution in [0.1, 0.15) is 47.9 Å². The van der Waals surface area contributed by atoms with Crippen LogP contribution in [0, 0.1) is 5.92 Å². The minimum atomic E-state index is -0.696. The number of carbonyl (C=O) groups excluding carboxylic acids is 2. The Bertz CT molecular complexity index is 554. The number of aliphatic imine (C=N–C) groups is 1. The van der Waals surface area contributed by atoms with E-state index in [1.807, 2.05) is 0 Å². The molecule has 0 bridgehead atoms. The third-order valence-electron chi connectivity index (χ3n) is 4.45. The number of carbonyl (C=O) groups is 2. The van der Waals surface area contributed by atoms with E-state index in [0.717, 1.165) is 26.1 Å². The van der Waals surface area contributed by atoms with Crippen molar-refractivity contribution < 1.29 is 14.5 Å². The number of ketones is 2. The van der Waals surface area contributed by atoms with E-state index in [4.69, 9.17) is 0 Å². The summed E-state index contributed by atoms with van der Waals surface area (Å²) in [5.74, 6) is -0.898. The fourth-order valence-corrected chi connectivity index (χ4v) is 3.00. The molecule has 0 spiro atoms. The van der Waals surface area contributed by atoms with Crippen LogP contribution in [0.25, 0.3) is 0 Å². The molecular weight excluding hydrogens is 276 g/mol. The lowest BCUT2D eigenvalue weighted by molar-refractivity contribution is -0.896. The molecule has 0 saturated heterocycles. The molecule has 0 atom stereocenters. The molecule has 4 nitrogen and oxygen atoms in total. The highest BCUT2D eigenvalue weighted by Crippen LogP contribution is 2.27. The maximum absolute atomic E-state index is 12.4. The quantitative estimate of drug-likeness (QED) is 0.471. The Morgan fingerprint density at radius 3 is 2.14 bits per heavy atom. The van der Waals surface area contributed by atoms with Gasteiger partial charge in [-0.05, 0) is 20.8 Å². The summed E-state index contributed by atoms with van der Waals surface area (Å²) in [5, 5.41) is 0. The number of nitrogens with zero attached hydrogens (tertiary/aromatic N) is 1. The van der Waals surface area contributed by atoms with Gasteiger partial charge >= 0.3 is 0 Å². The largest absolute Gasteiger partial charge is 0.335 e. The first-order chi connectivity index (χ1) is 10.6. The van der Waals surface area contributed by atoms with Gasteiger partial charge in [0.05, 0.1) is 19.6 Å². The fourth-order valence-electron chi connectivity index (χ4n) is 3.00. The number of fused-ring (bicyclic) bond motifs is 1. The zero-order chi connectivity index (χ0) is 16.1. The molecule has 0 heterocycles. The number of benzene rings is 1. The van der Waals surface area contributed by atoms with Gasteiger partial charge in [0.2, 0.25) is 0 Å². The van der Waals surface area contributed by atoms with Gasteiger partial charge in [0, 0.05) is 29.8 Å². The Morgan fingerprint density at radius 2 is 1.64 bits per heavy atom. The molecule has 0 aromatic heterocycles. The van der Waals surface area contributed by atoms with E-state index in [2.05, 4.69) is 18.8 Å². The van der Waals surface area contributed by atoms with Gasteiger partial charge < -0.3 is 4.90 Å². The number of rotatable bonds is 7. The van der Waals surface area contributed by atoms with Gasteiger partial charge in [-0.3, -0.25) is 14.6 Å². The Hall–Kier alpha value is -1.81. The van der Waals surface area contributed by atoms with Crippen LogP contribution in [0.5, 0.6) is 0 Å². The summed E-state index contributed by atoms with van der Waals surface area (Å²) >= 11 is 0. The van der Waals surface area contributed by atoms with Crippen LogP contribution >= 0.6 is 0 Å². The third-order valence-corrected chi connectivity index (χ3v) is 4.45. The first-order valence-corrected chi connectivity index (χ1v) is 8.12. The van der Waals surface area contributed by atoms with Crippen molar-refractivity contribution in [2.24, 2.45) is 10.9 Å². The second-order valence-corrected chi connectivity index (χ2v) is 5.79. The lowest BCUT2D eigenvalue weighted by atomic mass is 9.99. The highest BCUT2D eigenvalue weighted by Gasteiger charge is 2.39. The summed E-state index contributed by atoms with van der Waals surface area (Å²) in [7, 11) is 0. The molecule has 118 valence electrons. The summed E-state index contributed by atoms with van der Waals surface area (Å²) < 4.78 is 0. The van der Waals surface area contributed by atoms with Crippen LogP contribution in [0.15, 0.2) is 29.3 Å². The molecule has 22 heavy (non-hydrogen) atoms. The summed E-state index contributed by atoms with van der Waals surface area (Å²) in [6, 6.07) is 7.05. The Morgan fingerprint density at radius 1 is 1.09 bits per heavy atom. The predicted molar refractivity (Wildman–Crippen MR) is 88.1 cm³/mol. The fraction of sp³-hybridized carbons (Fsp3) is 0.500. The molecule has 1 aliphatic rings. The molecule has 0 saturated carbocycles. The molecule has 1 aromatic carbocycles. The van der Waals surface area contributed by atoms with Crippen molar-refractivity contribution in [3.05, 3.63) is 35.4 Å². The third kappa shape index (κ3) is 3.33. The second kappa shape index (κ2) is 7.45. The first kappa shape index (κ1) is 16.6. The summed E-state index contributed by atoms with van der Waals surface area (Å²) in [4.78, 5) is 30.8. The molecule has 0 radical (unpaired) electrons. The number of nitrogens with one attached hydrogen (secondary N) is 1. The van der Waals surface area contributed by atoms with Gasteiger partial charge in [-0.15, -0.1) is 0 Å². The van der Waals surface area contributed by atoms with E-state index in [1.165, 1.54) is 0 Å². The Balaban J connectivity index is 1.99. The lowest BCUT2D eigenvalue weighted by Gasteiger charge is -2.14. The molecule has 1 aromatic rings. The maximum atomic E-state index is 12.4. The van der Waals surface area contributed by atoms with Crippen molar-refractivity contribution in [1.29, 1.82) is 0 Å². The van der Waals surface area contributed by atoms with Crippen molar-refractivity contribution in [3.8, 4) is 0 Å². The van der Waals surface area contributed by atoms with Crippen molar-refractivity contribution >= 4 is 17.3 Å². The van der Waals surface area contributed by atoms with Crippen molar-refractivity contribution in [2.45, 2.75) is 27.2 Å². The summed E-state index contributed by atoms with van der Waals surface area (Å²) in [6.45, 7) is 10.2. The first-order valence-electron chi connectivity index (χ1n) is 8.12. The molecule has 1 N–H and O–H groups in total. The number of Topliss-reactive ketones (excluding diaryl/α,β-unsaturated/α-hetero) is 2. The summed E-state index contributed by atoms with van der Waals surface area (Å²) in [5.41, 5.74) is 1.74. The lowest BCUT2D eigenvalue weighted by Crippen LogP contribution is -3.11. The average Bonchev–Trinajstić information content (AvgIpc) is 2.79. The van der Waals surface area contributed by atoms with Crippen LogP contribution in [0.4, 0.5) is 0 Å². The second-order valence-electron chi connectivity index (χ2n) is 5.79. The maximum Gasteiger partial charge on any atom is 0.180 e. The molecule has 4 heteroatoms. The van der Waals surface area contributed by atoms with Crippen molar-refractivity contribution in [1.82, 2.24) is 0 Å². The van der Waals surface area contributed by atoms with Crippen molar-refractivity contribution in [2.75, 3.05) is 26.2 Å². The Labute approximate surface area is 132 Å². The SMILES string of the molecule is CC[NH+](CC)CCCN=C(C)C1C(=O)c2ccccc2C1=O. The average molecular weight is 301 g/mol. The van der Waals surface area contributed by atoms with Gasteiger partial charge in [0.1, 0.15) is 5.92 Å². The Kier molecular flexibility index (Phi) is 5.61. The molecule has 0 aliphatic heterocycles. The van der Waals surface area contributed by atoms with Crippen LogP contribution in [0.2, 0.25) is 0 Å². The van der Waals surface area contributed by atoms with Crippen molar-refractivity contribution in [3.63, 3.8) is 0 Å². The molecule has 0 amide bonds.